The summed E-state index contributed by atoms with van der Waals surface area (Å²) < 4.78 is 17.3. The van der Waals surface area contributed by atoms with Crippen LogP contribution < -0.4 is 4.74 Å². The Hall–Kier alpha value is -2.61. The Morgan fingerprint density at radius 2 is 2.16 bits per heavy atom. The molecule has 0 unspecified atom stereocenters. The molecule has 0 fully saturated rings. The first-order valence-corrected chi connectivity index (χ1v) is 8.43. The third-order valence-electron chi connectivity index (χ3n) is 3.75. The van der Waals surface area contributed by atoms with E-state index < -0.39 is 5.97 Å². The number of hydrogen-bond donors (Lipinski definition) is 1. The van der Waals surface area contributed by atoms with Gasteiger partial charge in [-0.15, -0.1) is 5.10 Å². The number of H-pyrrole nitrogens is 1. The maximum Gasteiger partial charge on any atom is 0.327 e. The monoisotopic (exact) mass is 361 g/mol. The molecule has 0 bridgehead atoms. The largest absolute Gasteiger partial charge is 0.494 e. The number of nitrogens with one attached hydrogen (secondary N) is 1. The summed E-state index contributed by atoms with van der Waals surface area (Å²) in [4.78, 5) is 15.0. The van der Waals surface area contributed by atoms with Crippen molar-refractivity contribution in [3.63, 3.8) is 0 Å². The highest BCUT2D eigenvalue weighted by Crippen LogP contribution is 2.31. The Labute approximate surface area is 149 Å². The van der Waals surface area contributed by atoms with Gasteiger partial charge in [-0.1, -0.05) is 0 Å². The van der Waals surface area contributed by atoms with Crippen LogP contribution in [0.2, 0.25) is 0 Å². The summed E-state index contributed by atoms with van der Waals surface area (Å²) in [5, 5.41) is 5.32. The molecule has 0 saturated carbocycles. The molecule has 0 spiro atoms. The molecule has 0 aliphatic carbocycles. The zero-order valence-electron chi connectivity index (χ0n) is 14.3. The minimum atomic E-state index is -0.409. The van der Waals surface area contributed by atoms with E-state index in [1.807, 2.05) is 32.0 Å². The Morgan fingerprint density at radius 3 is 2.88 bits per heavy atom. The first kappa shape index (κ1) is 17.2. The number of esters is 1. The third-order valence-corrected chi connectivity index (χ3v) is 4.04. The van der Waals surface area contributed by atoms with Crippen LogP contribution in [0.15, 0.2) is 22.6 Å². The van der Waals surface area contributed by atoms with E-state index in [0.717, 1.165) is 27.9 Å². The third kappa shape index (κ3) is 3.43. The first-order chi connectivity index (χ1) is 12.0. The van der Waals surface area contributed by atoms with E-state index in [1.165, 1.54) is 4.68 Å². The van der Waals surface area contributed by atoms with Crippen LogP contribution in [0.5, 0.6) is 5.75 Å². The molecule has 0 saturated heterocycles. The maximum atomic E-state index is 11.6. The summed E-state index contributed by atoms with van der Waals surface area (Å²) in [6.07, 6.45) is 0. The Morgan fingerprint density at radius 1 is 1.36 bits per heavy atom. The molecule has 0 aliphatic heterocycles. The molecule has 3 rings (SSSR count). The minimum absolute atomic E-state index is 0.0794. The summed E-state index contributed by atoms with van der Waals surface area (Å²) in [6, 6.07) is 5.82. The summed E-state index contributed by atoms with van der Waals surface area (Å²) in [5.74, 6) is 0.728. The lowest BCUT2D eigenvalue weighted by Crippen LogP contribution is -2.14. The van der Waals surface area contributed by atoms with Crippen molar-refractivity contribution in [1.82, 2.24) is 14.8 Å². The molecule has 7 nitrogen and oxygen atoms in total. The Balaban J connectivity index is 1.98. The number of carbonyl (C=O) groups is 1. The van der Waals surface area contributed by atoms with Crippen molar-refractivity contribution in [3.05, 3.63) is 28.6 Å². The van der Waals surface area contributed by atoms with Gasteiger partial charge in [-0.3, -0.25) is 4.79 Å². The van der Waals surface area contributed by atoms with E-state index in [9.17, 15) is 4.79 Å². The highest BCUT2D eigenvalue weighted by atomic mass is 32.1. The summed E-state index contributed by atoms with van der Waals surface area (Å²) in [7, 11) is 0. The molecule has 0 aliphatic rings. The number of aromatic nitrogens is 3. The average molecular weight is 361 g/mol. The average Bonchev–Trinajstić information content (AvgIpc) is 3.09. The molecular formula is C17H19N3O4S. The molecule has 0 atom stereocenters. The molecule has 2 heterocycles. The van der Waals surface area contributed by atoms with Gasteiger partial charge in [0, 0.05) is 10.9 Å². The predicted octanol–water partition coefficient (Wildman–Crippen LogP) is 3.62. The van der Waals surface area contributed by atoms with Crippen molar-refractivity contribution < 1.29 is 18.7 Å². The van der Waals surface area contributed by atoms with E-state index in [0.29, 0.717) is 19.1 Å². The van der Waals surface area contributed by atoms with E-state index in [-0.39, 0.29) is 11.4 Å². The van der Waals surface area contributed by atoms with E-state index in [2.05, 4.69) is 10.1 Å². The molecule has 1 N–H and O–H groups in total. The molecular weight excluding hydrogens is 342 g/mol. The minimum Gasteiger partial charge on any atom is -0.494 e. The molecule has 132 valence electrons. The van der Waals surface area contributed by atoms with Crippen LogP contribution in [0.3, 0.4) is 0 Å². The molecule has 0 amide bonds. The molecule has 3 aromatic rings. The SMILES string of the molecule is CCOC(=O)Cn1nc(-c2[nH]c3ccc(OCC)cc3c2C)oc1=S. The van der Waals surface area contributed by atoms with Crippen molar-refractivity contribution in [3.8, 4) is 17.3 Å². The summed E-state index contributed by atoms with van der Waals surface area (Å²) >= 11 is 5.15. The Bertz CT molecular complexity index is 970. The van der Waals surface area contributed by atoms with Crippen molar-refractivity contribution in [1.29, 1.82) is 0 Å². The number of nitrogens with zero attached hydrogens (tertiary/aromatic N) is 2. The van der Waals surface area contributed by atoms with Gasteiger partial charge in [-0.2, -0.15) is 0 Å². The van der Waals surface area contributed by atoms with Crippen LogP contribution in [0, 0.1) is 11.8 Å². The van der Waals surface area contributed by atoms with Gasteiger partial charge in [0.2, 0.25) is 0 Å². The number of ether oxygens (including phenoxy) is 2. The van der Waals surface area contributed by atoms with Crippen LogP contribution in [0.4, 0.5) is 0 Å². The molecule has 1 aromatic carbocycles. The van der Waals surface area contributed by atoms with Crippen LogP contribution in [0.1, 0.15) is 19.4 Å². The predicted molar refractivity (Wildman–Crippen MR) is 95.2 cm³/mol. The molecule has 8 heteroatoms. The molecule has 25 heavy (non-hydrogen) atoms. The quantitative estimate of drug-likeness (QED) is 0.533. The van der Waals surface area contributed by atoms with Crippen molar-refractivity contribution in [2.75, 3.05) is 13.2 Å². The van der Waals surface area contributed by atoms with Gasteiger partial charge in [0.05, 0.1) is 13.2 Å². The fourth-order valence-corrected chi connectivity index (χ4v) is 2.80. The number of benzene rings is 1. The number of aryl methyl sites for hydroxylation is 1. The lowest BCUT2D eigenvalue weighted by Gasteiger charge is -2.02. The molecule has 0 radical (unpaired) electrons. The van der Waals surface area contributed by atoms with Crippen LogP contribution >= 0.6 is 12.2 Å². The van der Waals surface area contributed by atoms with E-state index >= 15 is 0 Å². The van der Waals surface area contributed by atoms with Gasteiger partial charge in [-0.25, -0.2) is 4.68 Å². The Kier molecular flexibility index (Phi) is 4.89. The van der Waals surface area contributed by atoms with Gasteiger partial charge >= 0.3 is 5.97 Å². The second-order valence-corrected chi connectivity index (χ2v) is 5.75. The van der Waals surface area contributed by atoms with Crippen molar-refractivity contribution >= 4 is 29.1 Å². The van der Waals surface area contributed by atoms with Crippen molar-refractivity contribution in [2.24, 2.45) is 0 Å². The second kappa shape index (κ2) is 7.10. The second-order valence-electron chi connectivity index (χ2n) is 5.40. The molecule has 2 aromatic heterocycles. The van der Waals surface area contributed by atoms with Crippen molar-refractivity contribution in [2.45, 2.75) is 27.3 Å². The number of aromatic amines is 1. The number of hydrogen-bond acceptors (Lipinski definition) is 6. The number of fused-ring (bicyclic) bond motifs is 1. The van der Waals surface area contributed by atoms with Gasteiger partial charge in [0.1, 0.15) is 18.0 Å². The maximum absolute atomic E-state index is 11.6. The van der Waals surface area contributed by atoms with Crippen LogP contribution in [-0.2, 0) is 16.1 Å². The van der Waals surface area contributed by atoms with Gasteiger partial charge < -0.3 is 18.9 Å². The standard InChI is InChI=1S/C17H19N3O4S/c1-4-22-11-6-7-13-12(8-11)10(3)15(18-13)16-19-20(17(25)24-16)9-14(21)23-5-2/h6-8,18H,4-5,9H2,1-3H3. The zero-order chi connectivity index (χ0) is 18.0. The smallest absolute Gasteiger partial charge is 0.327 e. The topological polar surface area (TPSA) is 82.3 Å². The highest BCUT2D eigenvalue weighted by molar-refractivity contribution is 7.71. The number of rotatable bonds is 6. The number of carbonyl (C=O) groups excluding carboxylic acids is 1. The van der Waals surface area contributed by atoms with Gasteiger partial charge in [-0.05, 0) is 56.8 Å². The fraction of sp³-hybridized carbons (Fsp3) is 0.353. The lowest BCUT2D eigenvalue weighted by molar-refractivity contribution is -0.144. The van der Waals surface area contributed by atoms with Crippen LogP contribution in [-0.4, -0.2) is 33.9 Å². The first-order valence-electron chi connectivity index (χ1n) is 8.02. The van der Waals surface area contributed by atoms with Crippen LogP contribution in [0.25, 0.3) is 22.5 Å². The van der Waals surface area contributed by atoms with Gasteiger partial charge in [0.15, 0.2) is 0 Å². The summed E-state index contributed by atoms with van der Waals surface area (Å²) in [6.45, 7) is 6.49. The zero-order valence-corrected chi connectivity index (χ0v) is 15.1. The highest BCUT2D eigenvalue weighted by Gasteiger charge is 2.17. The van der Waals surface area contributed by atoms with E-state index in [1.54, 1.807) is 6.92 Å². The lowest BCUT2D eigenvalue weighted by atomic mass is 10.1. The normalized spacial score (nSPS) is 11.0. The van der Waals surface area contributed by atoms with Gasteiger partial charge in [0.25, 0.3) is 10.7 Å². The van der Waals surface area contributed by atoms with E-state index in [4.69, 9.17) is 26.1 Å². The summed E-state index contributed by atoms with van der Waals surface area (Å²) in [5.41, 5.74) is 2.63. The fourth-order valence-electron chi connectivity index (χ4n) is 2.61.